The molecule has 3 rings (SSSR count). The van der Waals surface area contributed by atoms with E-state index in [1.165, 1.54) is 0 Å². The lowest BCUT2D eigenvalue weighted by Gasteiger charge is -2.22. The standard InChI is InChI=1S/C24H26N2O2/c1-25-17-16-23(19-10-5-3-6-11-19)28-22-15-9-14-21(18-22)26(2)24(27)20-12-7-4-8-13-20/h3-15,18,23,25H,16-17H2,1-2H3. The lowest BCUT2D eigenvalue weighted by molar-refractivity contribution is 0.0993. The lowest BCUT2D eigenvalue weighted by Crippen LogP contribution is -2.26. The van der Waals surface area contributed by atoms with Crippen molar-refractivity contribution in [1.82, 2.24) is 5.32 Å². The minimum absolute atomic E-state index is 0.0486. The van der Waals surface area contributed by atoms with Crippen LogP contribution in [0.5, 0.6) is 5.75 Å². The number of rotatable bonds is 8. The maximum Gasteiger partial charge on any atom is 0.258 e. The van der Waals surface area contributed by atoms with Gasteiger partial charge in [-0.25, -0.2) is 0 Å². The number of carbonyl (C=O) groups is 1. The molecule has 0 aliphatic carbocycles. The van der Waals surface area contributed by atoms with Crippen LogP contribution in [0, 0.1) is 0 Å². The van der Waals surface area contributed by atoms with Crippen LogP contribution in [0.15, 0.2) is 84.9 Å². The summed E-state index contributed by atoms with van der Waals surface area (Å²) >= 11 is 0. The Bertz CT molecular complexity index is 881. The van der Waals surface area contributed by atoms with Gasteiger partial charge in [0.2, 0.25) is 0 Å². The number of nitrogens with one attached hydrogen (secondary N) is 1. The van der Waals surface area contributed by atoms with Gasteiger partial charge in [-0.1, -0.05) is 54.6 Å². The number of hydrogen-bond donors (Lipinski definition) is 1. The lowest BCUT2D eigenvalue weighted by atomic mass is 10.1. The van der Waals surface area contributed by atoms with Gasteiger partial charge in [0.1, 0.15) is 11.9 Å². The molecule has 0 aromatic heterocycles. The second kappa shape index (κ2) is 9.72. The van der Waals surface area contributed by atoms with Crippen LogP contribution in [0.25, 0.3) is 0 Å². The Balaban J connectivity index is 1.78. The molecule has 1 unspecified atom stereocenters. The average Bonchev–Trinajstić information content (AvgIpc) is 2.77. The summed E-state index contributed by atoms with van der Waals surface area (Å²) in [5.41, 5.74) is 2.59. The third-order valence-electron chi connectivity index (χ3n) is 4.64. The highest BCUT2D eigenvalue weighted by molar-refractivity contribution is 6.05. The smallest absolute Gasteiger partial charge is 0.258 e. The van der Waals surface area contributed by atoms with E-state index in [0.717, 1.165) is 30.0 Å². The molecule has 3 aromatic carbocycles. The number of benzene rings is 3. The van der Waals surface area contributed by atoms with E-state index in [1.807, 2.05) is 79.8 Å². The highest BCUT2D eigenvalue weighted by Crippen LogP contribution is 2.28. The number of carbonyl (C=O) groups excluding carboxylic acids is 1. The molecule has 4 heteroatoms. The Morgan fingerprint density at radius 1 is 0.964 bits per heavy atom. The van der Waals surface area contributed by atoms with Crippen LogP contribution in [-0.4, -0.2) is 26.5 Å². The molecule has 0 radical (unpaired) electrons. The fourth-order valence-electron chi connectivity index (χ4n) is 3.06. The summed E-state index contributed by atoms with van der Waals surface area (Å²) in [5.74, 6) is 0.697. The molecule has 1 atom stereocenters. The molecule has 144 valence electrons. The molecule has 4 nitrogen and oxygen atoms in total. The van der Waals surface area contributed by atoms with Crippen LogP contribution < -0.4 is 15.0 Å². The van der Waals surface area contributed by atoms with Gasteiger partial charge in [0.25, 0.3) is 5.91 Å². The van der Waals surface area contributed by atoms with Crippen molar-refractivity contribution in [3.05, 3.63) is 96.1 Å². The van der Waals surface area contributed by atoms with Gasteiger partial charge in [-0.3, -0.25) is 4.79 Å². The molecule has 0 saturated carbocycles. The molecule has 0 aliphatic heterocycles. The molecule has 0 fully saturated rings. The quantitative estimate of drug-likeness (QED) is 0.622. The highest BCUT2D eigenvalue weighted by Gasteiger charge is 2.16. The van der Waals surface area contributed by atoms with Gasteiger partial charge in [0.05, 0.1) is 0 Å². The van der Waals surface area contributed by atoms with Crippen molar-refractivity contribution in [3.8, 4) is 5.75 Å². The molecule has 0 saturated heterocycles. The Kier molecular flexibility index (Phi) is 6.82. The summed E-state index contributed by atoms with van der Waals surface area (Å²) in [6, 6.07) is 27.2. The summed E-state index contributed by atoms with van der Waals surface area (Å²) in [7, 11) is 3.72. The molecular weight excluding hydrogens is 348 g/mol. The number of anilines is 1. The van der Waals surface area contributed by atoms with Crippen molar-refractivity contribution in [2.45, 2.75) is 12.5 Å². The van der Waals surface area contributed by atoms with Crippen molar-refractivity contribution in [3.63, 3.8) is 0 Å². The van der Waals surface area contributed by atoms with Crippen molar-refractivity contribution in [2.24, 2.45) is 0 Å². The predicted octanol–water partition coefficient (Wildman–Crippen LogP) is 4.69. The van der Waals surface area contributed by atoms with Gasteiger partial charge in [0, 0.05) is 30.8 Å². The van der Waals surface area contributed by atoms with E-state index in [-0.39, 0.29) is 12.0 Å². The first-order valence-electron chi connectivity index (χ1n) is 9.48. The zero-order valence-corrected chi connectivity index (χ0v) is 16.3. The molecule has 3 aromatic rings. The topological polar surface area (TPSA) is 41.6 Å². The summed E-state index contributed by atoms with van der Waals surface area (Å²) in [4.78, 5) is 14.4. The second-order valence-corrected chi connectivity index (χ2v) is 6.64. The molecule has 0 heterocycles. The first kappa shape index (κ1) is 19.6. The largest absolute Gasteiger partial charge is 0.486 e. The third-order valence-corrected chi connectivity index (χ3v) is 4.64. The van der Waals surface area contributed by atoms with Crippen molar-refractivity contribution < 1.29 is 9.53 Å². The average molecular weight is 374 g/mol. The van der Waals surface area contributed by atoms with Gasteiger partial charge in [-0.15, -0.1) is 0 Å². The fraction of sp³-hybridized carbons (Fsp3) is 0.208. The SMILES string of the molecule is CNCCC(Oc1cccc(N(C)C(=O)c2ccccc2)c1)c1ccccc1. The van der Waals surface area contributed by atoms with E-state index in [9.17, 15) is 4.79 Å². The fourth-order valence-corrected chi connectivity index (χ4v) is 3.06. The molecule has 1 amide bonds. The predicted molar refractivity (Wildman–Crippen MR) is 114 cm³/mol. The van der Waals surface area contributed by atoms with E-state index in [0.29, 0.717) is 5.56 Å². The van der Waals surface area contributed by atoms with Gasteiger partial charge in [0.15, 0.2) is 0 Å². The minimum atomic E-state index is -0.0565. The van der Waals surface area contributed by atoms with Crippen molar-refractivity contribution in [2.75, 3.05) is 25.5 Å². The van der Waals surface area contributed by atoms with E-state index in [2.05, 4.69) is 17.4 Å². The number of hydrogen-bond acceptors (Lipinski definition) is 3. The Hall–Kier alpha value is -3.11. The van der Waals surface area contributed by atoms with Gasteiger partial charge < -0.3 is 15.0 Å². The van der Waals surface area contributed by atoms with Crippen LogP contribution in [-0.2, 0) is 0 Å². The molecule has 0 aliphatic rings. The van der Waals surface area contributed by atoms with Gasteiger partial charge in [-0.2, -0.15) is 0 Å². The third kappa shape index (κ3) is 4.99. The van der Waals surface area contributed by atoms with Crippen LogP contribution in [0.3, 0.4) is 0 Å². The number of amides is 1. The Labute approximate surface area is 166 Å². The van der Waals surface area contributed by atoms with Crippen LogP contribution in [0.4, 0.5) is 5.69 Å². The molecule has 28 heavy (non-hydrogen) atoms. The number of ether oxygens (including phenoxy) is 1. The monoisotopic (exact) mass is 374 g/mol. The normalized spacial score (nSPS) is 11.6. The molecular formula is C24H26N2O2. The highest BCUT2D eigenvalue weighted by atomic mass is 16.5. The van der Waals surface area contributed by atoms with E-state index < -0.39 is 0 Å². The first-order chi connectivity index (χ1) is 13.7. The zero-order valence-electron chi connectivity index (χ0n) is 16.3. The Morgan fingerprint density at radius 2 is 1.64 bits per heavy atom. The van der Waals surface area contributed by atoms with Crippen molar-refractivity contribution >= 4 is 11.6 Å². The van der Waals surface area contributed by atoms with Gasteiger partial charge >= 0.3 is 0 Å². The van der Waals surface area contributed by atoms with Crippen LogP contribution in [0.1, 0.15) is 28.4 Å². The summed E-state index contributed by atoms with van der Waals surface area (Å²) in [5, 5.41) is 3.18. The van der Waals surface area contributed by atoms with E-state index >= 15 is 0 Å². The molecule has 1 N–H and O–H groups in total. The second-order valence-electron chi connectivity index (χ2n) is 6.64. The van der Waals surface area contributed by atoms with E-state index in [4.69, 9.17) is 4.74 Å². The van der Waals surface area contributed by atoms with Crippen LogP contribution in [0.2, 0.25) is 0 Å². The number of nitrogens with zero attached hydrogens (tertiary/aromatic N) is 1. The molecule has 0 spiro atoms. The molecule has 0 bridgehead atoms. The zero-order chi connectivity index (χ0) is 19.8. The van der Waals surface area contributed by atoms with Gasteiger partial charge in [-0.05, 0) is 43.4 Å². The Morgan fingerprint density at radius 3 is 2.32 bits per heavy atom. The van der Waals surface area contributed by atoms with Crippen molar-refractivity contribution in [1.29, 1.82) is 0 Å². The summed E-state index contributed by atoms with van der Waals surface area (Å²) in [6.45, 7) is 0.853. The summed E-state index contributed by atoms with van der Waals surface area (Å²) < 4.78 is 6.30. The maximum atomic E-state index is 12.7. The maximum absolute atomic E-state index is 12.7. The first-order valence-corrected chi connectivity index (χ1v) is 9.48. The van der Waals surface area contributed by atoms with E-state index in [1.54, 1.807) is 11.9 Å². The summed E-state index contributed by atoms with van der Waals surface area (Å²) in [6.07, 6.45) is 0.794. The van der Waals surface area contributed by atoms with Crippen LogP contribution >= 0.6 is 0 Å². The minimum Gasteiger partial charge on any atom is -0.486 e.